The highest BCUT2D eigenvalue weighted by Gasteiger charge is 2.27. The van der Waals surface area contributed by atoms with Gasteiger partial charge >= 0.3 is 0 Å². The number of nitrogens with two attached hydrogens (primary N) is 1. The Balaban J connectivity index is 1.36. The zero-order valence-electron chi connectivity index (χ0n) is 18.1. The summed E-state index contributed by atoms with van der Waals surface area (Å²) in [6.45, 7) is 4.63. The van der Waals surface area contributed by atoms with Crippen molar-refractivity contribution >= 4 is 17.5 Å². The first-order valence-electron chi connectivity index (χ1n) is 11.0. The Morgan fingerprint density at radius 2 is 2.03 bits per heavy atom. The second-order valence-electron chi connectivity index (χ2n) is 8.65. The quantitative estimate of drug-likeness (QED) is 0.514. The lowest BCUT2D eigenvalue weighted by Gasteiger charge is -2.20. The van der Waals surface area contributed by atoms with Crippen LogP contribution >= 0.6 is 0 Å². The van der Waals surface area contributed by atoms with Gasteiger partial charge in [-0.25, -0.2) is 4.98 Å². The number of pyridine rings is 1. The molecule has 1 atom stereocenters. The number of aromatic nitrogens is 3. The van der Waals surface area contributed by atoms with E-state index in [0.717, 1.165) is 49.8 Å². The minimum atomic E-state index is 0.595. The molecule has 0 aromatic carbocycles. The summed E-state index contributed by atoms with van der Waals surface area (Å²) in [5.74, 6) is 2.12. The zero-order valence-corrected chi connectivity index (χ0v) is 18.1. The van der Waals surface area contributed by atoms with E-state index in [0.29, 0.717) is 24.5 Å². The van der Waals surface area contributed by atoms with Gasteiger partial charge in [-0.15, -0.1) is 0 Å². The number of hydrogen-bond donors (Lipinski definition) is 3. The minimum Gasteiger partial charge on any atom is -0.370 e. The van der Waals surface area contributed by atoms with E-state index in [-0.39, 0.29) is 0 Å². The molecule has 0 unspecified atom stereocenters. The number of nitrogens with one attached hydrogen (secondary N) is 2. The lowest BCUT2D eigenvalue weighted by Crippen LogP contribution is -2.31. The highest BCUT2D eigenvalue weighted by atomic mass is 15.2. The number of likely N-dealkylation sites (tertiary alicyclic amines) is 1. The van der Waals surface area contributed by atoms with Crippen LogP contribution < -0.4 is 16.4 Å². The second-order valence-corrected chi connectivity index (χ2v) is 8.65. The molecule has 2 aromatic rings. The molecular weight excluding hydrogens is 376 g/mol. The third kappa shape index (κ3) is 5.44. The van der Waals surface area contributed by atoms with Crippen molar-refractivity contribution in [1.29, 1.82) is 0 Å². The number of anilines is 3. The number of likely N-dealkylation sites (N-methyl/N-ethyl adjacent to an activating group) is 1. The first-order valence-corrected chi connectivity index (χ1v) is 11.0. The predicted molar refractivity (Wildman–Crippen MR) is 121 cm³/mol. The van der Waals surface area contributed by atoms with E-state index in [1.807, 2.05) is 12.4 Å². The topological polar surface area (TPSA) is 95.2 Å². The Kier molecular flexibility index (Phi) is 6.76. The van der Waals surface area contributed by atoms with Crippen LogP contribution in [0.1, 0.15) is 42.9 Å². The molecule has 1 saturated carbocycles. The Morgan fingerprint density at radius 3 is 2.70 bits per heavy atom. The lowest BCUT2D eigenvalue weighted by atomic mass is 10.2. The van der Waals surface area contributed by atoms with Crippen molar-refractivity contribution < 1.29 is 0 Å². The summed E-state index contributed by atoms with van der Waals surface area (Å²) in [7, 11) is 4.32. The van der Waals surface area contributed by atoms with Crippen LogP contribution in [0.15, 0.2) is 24.5 Å². The van der Waals surface area contributed by atoms with E-state index < -0.39 is 0 Å². The summed E-state index contributed by atoms with van der Waals surface area (Å²) in [4.78, 5) is 18.7. The fourth-order valence-corrected chi connectivity index (χ4v) is 3.92. The summed E-state index contributed by atoms with van der Waals surface area (Å²) in [6, 6.07) is 4.79. The summed E-state index contributed by atoms with van der Waals surface area (Å²) in [5, 5.41) is 6.72. The summed E-state index contributed by atoms with van der Waals surface area (Å²) < 4.78 is 0. The standard InChI is InChI=1S/C22H34N8/c1-29(2)19-8-11-30(15-19)14-18-7-6-17(12-25-18)27-22-26-13-20(16-4-5-16)21(28-22)24-10-3-9-23/h6-7,12-13,16,19H,3-5,8-11,14-15,23H2,1-2H3,(H2,24,26,27,28)/t19-/m0/s1. The Hall–Kier alpha value is -2.29. The molecule has 4 rings (SSSR count). The molecule has 4 N–H and O–H groups in total. The maximum absolute atomic E-state index is 5.62. The maximum Gasteiger partial charge on any atom is 0.229 e. The molecule has 0 bridgehead atoms. The molecule has 1 saturated heterocycles. The second kappa shape index (κ2) is 9.68. The van der Waals surface area contributed by atoms with Crippen molar-refractivity contribution in [2.45, 2.75) is 44.2 Å². The molecule has 2 fully saturated rings. The molecule has 8 heteroatoms. The molecular formula is C22H34N8. The average molecular weight is 411 g/mol. The third-order valence-electron chi connectivity index (χ3n) is 5.95. The van der Waals surface area contributed by atoms with Crippen LogP contribution in [-0.4, -0.2) is 71.1 Å². The molecule has 2 aromatic heterocycles. The molecule has 162 valence electrons. The van der Waals surface area contributed by atoms with E-state index in [9.17, 15) is 0 Å². The van der Waals surface area contributed by atoms with Gasteiger partial charge < -0.3 is 21.3 Å². The van der Waals surface area contributed by atoms with Crippen molar-refractivity contribution in [2.24, 2.45) is 5.73 Å². The third-order valence-corrected chi connectivity index (χ3v) is 5.95. The number of rotatable bonds is 10. The first-order chi connectivity index (χ1) is 14.6. The lowest BCUT2D eigenvalue weighted by molar-refractivity contribution is 0.263. The van der Waals surface area contributed by atoms with E-state index in [1.54, 1.807) is 0 Å². The van der Waals surface area contributed by atoms with Crippen LogP contribution in [0.5, 0.6) is 0 Å². The molecule has 0 radical (unpaired) electrons. The van der Waals surface area contributed by atoms with Crippen molar-refractivity contribution in [1.82, 2.24) is 24.8 Å². The number of nitrogens with zero attached hydrogens (tertiary/aromatic N) is 5. The van der Waals surface area contributed by atoms with Gasteiger partial charge in [0.15, 0.2) is 0 Å². The monoisotopic (exact) mass is 410 g/mol. The van der Waals surface area contributed by atoms with Gasteiger partial charge in [-0.3, -0.25) is 9.88 Å². The van der Waals surface area contributed by atoms with E-state index in [4.69, 9.17) is 10.7 Å². The van der Waals surface area contributed by atoms with Crippen molar-refractivity contribution in [3.63, 3.8) is 0 Å². The van der Waals surface area contributed by atoms with Crippen LogP contribution in [-0.2, 0) is 6.54 Å². The average Bonchev–Trinajstić information content (AvgIpc) is 3.47. The summed E-state index contributed by atoms with van der Waals surface area (Å²) in [5.41, 5.74) is 8.83. The highest BCUT2D eigenvalue weighted by Crippen LogP contribution is 2.42. The molecule has 8 nitrogen and oxygen atoms in total. The van der Waals surface area contributed by atoms with Crippen LogP contribution in [0.3, 0.4) is 0 Å². The Labute approximate surface area is 179 Å². The predicted octanol–water partition coefficient (Wildman–Crippen LogP) is 2.39. The fourth-order valence-electron chi connectivity index (χ4n) is 3.92. The van der Waals surface area contributed by atoms with Crippen molar-refractivity contribution in [2.75, 3.05) is 50.9 Å². The summed E-state index contributed by atoms with van der Waals surface area (Å²) in [6.07, 6.45) is 8.42. The number of hydrogen-bond acceptors (Lipinski definition) is 8. The van der Waals surface area contributed by atoms with Gasteiger partial charge in [0.25, 0.3) is 0 Å². The SMILES string of the molecule is CN(C)[C@H]1CCN(Cc2ccc(Nc3ncc(C4CC4)c(NCCCN)n3)cn2)C1. The largest absolute Gasteiger partial charge is 0.370 e. The van der Waals surface area contributed by atoms with Crippen LogP contribution in [0.25, 0.3) is 0 Å². The highest BCUT2D eigenvalue weighted by molar-refractivity contribution is 5.56. The molecule has 2 aliphatic rings. The van der Waals surface area contributed by atoms with Crippen LogP contribution in [0, 0.1) is 0 Å². The first kappa shape index (κ1) is 21.0. The molecule has 1 aliphatic carbocycles. The van der Waals surface area contributed by atoms with Gasteiger partial charge in [0.05, 0.1) is 17.6 Å². The maximum atomic E-state index is 5.62. The van der Waals surface area contributed by atoms with E-state index in [2.05, 4.69) is 56.6 Å². The fraction of sp³-hybridized carbons (Fsp3) is 0.591. The Morgan fingerprint density at radius 1 is 1.17 bits per heavy atom. The van der Waals surface area contributed by atoms with Gasteiger partial charge in [0, 0.05) is 44.0 Å². The van der Waals surface area contributed by atoms with E-state index in [1.165, 1.54) is 24.8 Å². The van der Waals surface area contributed by atoms with Crippen LogP contribution in [0.4, 0.5) is 17.5 Å². The molecule has 30 heavy (non-hydrogen) atoms. The van der Waals surface area contributed by atoms with Crippen molar-refractivity contribution in [3.8, 4) is 0 Å². The molecule has 0 amide bonds. The van der Waals surface area contributed by atoms with E-state index >= 15 is 0 Å². The molecule has 3 heterocycles. The van der Waals surface area contributed by atoms with Crippen molar-refractivity contribution in [3.05, 3.63) is 35.8 Å². The van der Waals surface area contributed by atoms with Gasteiger partial charge in [0.1, 0.15) is 5.82 Å². The van der Waals surface area contributed by atoms with Crippen LogP contribution in [0.2, 0.25) is 0 Å². The minimum absolute atomic E-state index is 0.595. The van der Waals surface area contributed by atoms with Gasteiger partial charge in [-0.2, -0.15) is 4.98 Å². The van der Waals surface area contributed by atoms with Gasteiger partial charge in [-0.05, 0) is 64.4 Å². The Bertz CT molecular complexity index is 818. The van der Waals surface area contributed by atoms with Gasteiger partial charge in [-0.1, -0.05) is 0 Å². The zero-order chi connectivity index (χ0) is 20.9. The normalized spacial score (nSPS) is 19.4. The summed E-state index contributed by atoms with van der Waals surface area (Å²) >= 11 is 0. The molecule has 0 spiro atoms. The smallest absolute Gasteiger partial charge is 0.229 e. The molecule has 1 aliphatic heterocycles. The van der Waals surface area contributed by atoms with Gasteiger partial charge in [0.2, 0.25) is 5.95 Å².